The quantitative estimate of drug-likeness (QED) is 0.677. The van der Waals surface area contributed by atoms with Crippen molar-refractivity contribution in [2.75, 3.05) is 38.5 Å². The van der Waals surface area contributed by atoms with Crippen LogP contribution >= 0.6 is 11.6 Å². The van der Waals surface area contributed by atoms with E-state index < -0.39 is 33.2 Å². The number of nitrogens with one attached hydrogen (secondary N) is 1. The van der Waals surface area contributed by atoms with Gasteiger partial charge < -0.3 is 5.32 Å². The van der Waals surface area contributed by atoms with Crippen molar-refractivity contribution in [3.63, 3.8) is 0 Å². The van der Waals surface area contributed by atoms with Gasteiger partial charge in [-0.15, -0.1) is 0 Å². The molecule has 1 aliphatic heterocycles. The third-order valence-electron chi connectivity index (χ3n) is 6.35. The van der Waals surface area contributed by atoms with Crippen molar-refractivity contribution in [2.45, 2.75) is 44.1 Å². The molecule has 1 heterocycles. The lowest BCUT2D eigenvalue weighted by atomic mass is 9.78. The summed E-state index contributed by atoms with van der Waals surface area (Å²) >= 11 is 5.97. The molecule has 0 aromatic heterocycles. The molecule has 3 rings (SSSR count). The van der Waals surface area contributed by atoms with Gasteiger partial charge in [0, 0.05) is 51.1 Å². The highest BCUT2D eigenvalue weighted by Crippen LogP contribution is 2.42. The van der Waals surface area contributed by atoms with E-state index in [1.54, 1.807) is 6.92 Å². The van der Waals surface area contributed by atoms with Crippen molar-refractivity contribution in [1.82, 2.24) is 14.5 Å². The highest BCUT2D eigenvalue weighted by Gasteiger charge is 2.47. The van der Waals surface area contributed by atoms with Crippen molar-refractivity contribution < 1.29 is 26.4 Å². The number of sulfonamides is 1. The normalized spacial score (nSPS) is 22.2. The Balaban J connectivity index is 1.75. The van der Waals surface area contributed by atoms with Crippen molar-refractivity contribution in [3.8, 4) is 0 Å². The maximum atomic E-state index is 14.1. The summed E-state index contributed by atoms with van der Waals surface area (Å²) in [6.45, 7) is 2.91. The molecule has 2 aliphatic rings. The molecule has 11 heteroatoms. The first-order valence-electron chi connectivity index (χ1n) is 10.3. The second-order valence-corrected chi connectivity index (χ2v) is 10.8. The molecule has 0 atom stereocenters. The van der Waals surface area contributed by atoms with Crippen LogP contribution in [0.15, 0.2) is 18.2 Å². The van der Waals surface area contributed by atoms with E-state index in [0.29, 0.717) is 13.1 Å². The maximum absolute atomic E-state index is 14.1. The molecule has 0 unspecified atom stereocenters. The lowest BCUT2D eigenvalue weighted by molar-refractivity contribution is -0.0856. The van der Waals surface area contributed by atoms with Gasteiger partial charge in [0.05, 0.1) is 16.3 Å². The molecule has 0 spiro atoms. The predicted octanol–water partition coefficient (Wildman–Crippen LogP) is 3.12. The van der Waals surface area contributed by atoms with Gasteiger partial charge in [-0.3, -0.25) is 9.69 Å². The first-order chi connectivity index (χ1) is 14.5. The first kappa shape index (κ1) is 24.3. The van der Waals surface area contributed by atoms with E-state index in [0.717, 1.165) is 6.07 Å². The van der Waals surface area contributed by atoms with Gasteiger partial charge in [-0.05, 0) is 31.9 Å². The molecule has 1 aromatic rings. The Morgan fingerprint density at radius 3 is 2.29 bits per heavy atom. The molecular formula is C20H27ClF3N3O3S. The minimum atomic E-state index is -3.32. The molecule has 1 aromatic carbocycles. The number of benzene rings is 1. The van der Waals surface area contributed by atoms with Gasteiger partial charge in [0.2, 0.25) is 15.9 Å². The van der Waals surface area contributed by atoms with Crippen LogP contribution in [0.2, 0.25) is 5.02 Å². The molecule has 2 fully saturated rings. The molecule has 0 radical (unpaired) electrons. The molecule has 1 aliphatic carbocycles. The van der Waals surface area contributed by atoms with Crippen molar-refractivity contribution in [1.29, 1.82) is 0 Å². The summed E-state index contributed by atoms with van der Waals surface area (Å²) in [4.78, 5) is 14.6. The standard InChI is InChI=1S/C20H27ClF3N3O3S/c1-2-31(29,30)27-12-10-26(11-13-27)19(6-8-20(23,24)9-7-19)14-25-18(28)17-15(21)4-3-5-16(17)22/h3-5H,2,6-14H2,1H3,(H,25,28). The summed E-state index contributed by atoms with van der Waals surface area (Å²) in [6.07, 6.45) is -0.356. The van der Waals surface area contributed by atoms with E-state index >= 15 is 0 Å². The number of rotatable bonds is 6. The third-order valence-corrected chi connectivity index (χ3v) is 8.54. The average Bonchev–Trinajstić information content (AvgIpc) is 2.73. The van der Waals surface area contributed by atoms with Gasteiger partial charge >= 0.3 is 0 Å². The van der Waals surface area contributed by atoms with Crippen LogP contribution in [0.4, 0.5) is 13.2 Å². The summed E-state index contributed by atoms with van der Waals surface area (Å²) in [5, 5.41) is 2.66. The van der Waals surface area contributed by atoms with Gasteiger partial charge in [0.25, 0.3) is 5.91 Å². The van der Waals surface area contributed by atoms with E-state index in [1.165, 1.54) is 16.4 Å². The fourth-order valence-electron chi connectivity index (χ4n) is 4.36. The number of nitrogens with zero attached hydrogens (tertiary/aromatic N) is 2. The Labute approximate surface area is 185 Å². The molecule has 31 heavy (non-hydrogen) atoms. The van der Waals surface area contributed by atoms with E-state index in [1.807, 2.05) is 4.90 Å². The Bertz CT molecular complexity index is 891. The molecule has 0 bridgehead atoms. The van der Waals surface area contributed by atoms with Crippen LogP contribution in [-0.2, 0) is 10.0 Å². The number of piperazine rings is 1. The Kier molecular flexibility index (Phi) is 7.25. The minimum absolute atomic E-state index is 0.00379. The van der Waals surface area contributed by atoms with Gasteiger partial charge in [0.1, 0.15) is 5.82 Å². The summed E-state index contributed by atoms with van der Waals surface area (Å²) in [5.41, 5.74) is -1.03. The van der Waals surface area contributed by atoms with Gasteiger partial charge in [-0.25, -0.2) is 21.6 Å². The van der Waals surface area contributed by atoms with E-state index in [-0.39, 0.29) is 61.7 Å². The number of carbonyl (C=O) groups is 1. The SMILES string of the molecule is CCS(=O)(=O)N1CCN(C2(CNC(=O)c3c(F)cccc3Cl)CCC(F)(F)CC2)CC1. The summed E-state index contributed by atoms with van der Waals surface area (Å²) in [7, 11) is -3.32. The molecule has 1 saturated heterocycles. The van der Waals surface area contributed by atoms with Crippen LogP contribution in [0, 0.1) is 5.82 Å². The van der Waals surface area contributed by atoms with Gasteiger partial charge in [-0.1, -0.05) is 17.7 Å². The number of alkyl halides is 2. The highest BCUT2D eigenvalue weighted by molar-refractivity contribution is 7.89. The average molecular weight is 482 g/mol. The number of amides is 1. The van der Waals surface area contributed by atoms with E-state index in [4.69, 9.17) is 11.6 Å². The largest absolute Gasteiger partial charge is 0.350 e. The van der Waals surface area contributed by atoms with Gasteiger partial charge in [0.15, 0.2) is 0 Å². The fourth-order valence-corrected chi connectivity index (χ4v) is 5.69. The van der Waals surface area contributed by atoms with E-state index in [2.05, 4.69) is 5.32 Å². The Morgan fingerprint density at radius 1 is 1.13 bits per heavy atom. The van der Waals surface area contributed by atoms with Crippen LogP contribution in [0.1, 0.15) is 43.0 Å². The zero-order valence-corrected chi connectivity index (χ0v) is 18.9. The predicted molar refractivity (Wildman–Crippen MR) is 112 cm³/mol. The summed E-state index contributed by atoms with van der Waals surface area (Å²) in [6, 6.07) is 3.93. The second kappa shape index (κ2) is 9.25. The van der Waals surface area contributed by atoms with E-state index in [9.17, 15) is 26.4 Å². The Morgan fingerprint density at radius 2 is 1.74 bits per heavy atom. The molecule has 1 amide bonds. The van der Waals surface area contributed by atoms with Crippen LogP contribution in [0.5, 0.6) is 0 Å². The zero-order valence-electron chi connectivity index (χ0n) is 17.3. The highest BCUT2D eigenvalue weighted by atomic mass is 35.5. The van der Waals surface area contributed by atoms with Crippen LogP contribution < -0.4 is 5.32 Å². The van der Waals surface area contributed by atoms with Crippen molar-refractivity contribution >= 4 is 27.5 Å². The molecule has 6 nitrogen and oxygen atoms in total. The van der Waals surface area contributed by atoms with Crippen molar-refractivity contribution in [2.24, 2.45) is 0 Å². The number of hydrogen-bond acceptors (Lipinski definition) is 4. The second-order valence-electron chi connectivity index (χ2n) is 8.15. The molecule has 1 N–H and O–H groups in total. The number of carbonyl (C=O) groups excluding carboxylic acids is 1. The Hall–Kier alpha value is -1.36. The fraction of sp³-hybridized carbons (Fsp3) is 0.650. The van der Waals surface area contributed by atoms with Crippen LogP contribution in [0.25, 0.3) is 0 Å². The van der Waals surface area contributed by atoms with Crippen molar-refractivity contribution in [3.05, 3.63) is 34.6 Å². The third kappa shape index (κ3) is 5.35. The minimum Gasteiger partial charge on any atom is -0.350 e. The molecular weight excluding hydrogens is 455 g/mol. The number of halogens is 4. The topological polar surface area (TPSA) is 69.7 Å². The lowest BCUT2D eigenvalue weighted by Crippen LogP contribution is -2.63. The smallest absolute Gasteiger partial charge is 0.255 e. The maximum Gasteiger partial charge on any atom is 0.255 e. The first-order valence-corrected chi connectivity index (χ1v) is 12.3. The monoisotopic (exact) mass is 481 g/mol. The molecule has 1 saturated carbocycles. The zero-order chi connectivity index (χ0) is 22.9. The van der Waals surface area contributed by atoms with Crippen LogP contribution in [0.3, 0.4) is 0 Å². The number of hydrogen-bond donors (Lipinski definition) is 1. The summed E-state index contributed by atoms with van der Waals surface area (Å²) in [5.74, 6) is -4.22. The van der Waals surface area contributed by atoms with Gasteiger partial charge in [-0.2, -0.15) is 4.31 Å². The molecule has 174 valence electrons. The summed E-state index contributed by atoms with van der Waals surface area (Å²) < 4.78 is 67.6. The lowest BCUT2D eigenvalue weighted by Gasteiger charge is -2.50. The van der Waals surface area contributed by atoms with Crippen LogP contribution in [-0.4, -0.2) is 73.5 Å².